The Morgan fingerprint density at radius 2 is 2.30 bits per heavy atom. The highest BCUT2D eigenvalue weighted by molar-refractivity contribution is 8.03. The second-order valence-corrected chi connectivity index (χ2v) is 6.46. The molecule has 1 saturated heterocycles. The summed E-state index contributed by atoms with van der Waals surface area (Å²) in [6.07, 6.45) is -0.338. The number of aliphatic hydroxyl groups excluding tert-OH is 1. The maximum absolute atomic E-state index is 11.7. The second-order valence-electron chi connectivity index (χ2n) is 4.80. The molecule has 0 aromatic carbocycles. The summed E-state index contributed by atoms with van der Waals surface area (Å²) in [5.41, 5.74) is 0.0747. The number of methoxy groups -OCH3 is 1. The van der Waals surface area contributed by atoms with Crippen LogP contribution < -0.4 is 5.56 Å². The van der Waals surface area contributed by atoms with Crippen molar-refractivity contribution >= 4 is 29.4 Å². The fourth-order valence-electron chi connectivity index (χ4n) is 2.60. The summed E-state index contributed by atoms with van der Waals surface area (Å²) in [6.45, 7) is -0.356. The summed E-state index contributed by atoms with van der Waals surface area (Å²) in [4.78, 5) is 22.3. The number of ether oxygens (including phenoxy) is 2. The number of imidazole rings is 1. The number of fused-ring (bicyclic) bond motifs is 1. The van der Waals surface area contributed by atoms with E-state index in [2.05, 4.69) is 23.0 Å². The molecule has 0 radical (unpaired) electrons. The van der Waals surface area contributed by atoms with E-state index < -0.39 is 34.8 Å². The highest BCUT2D eigenvalue weighted by atomic mass is 32.5. The molecule has 23 heavy (non-hydrogen) atoms. The summed E-state index contributed by atoms with van der Waals surface area (Å²) in [5.74, 6) is 0. The summed E-state index contributed by atoms with van der Waals surface area (Å²) in [6, 6.07) is 0. The van der Waals surface area contributed by atoms with Crippen molar-refractivity contribution < 1.29 is 23.0 Å². The maximum atomic E-state index is 11.7. The van der Waals surface area contributed by atoms with E-state index in [9.17, 15) is 14.1 Å². The minimum absolute atomic E-state index is 0.152. The van der Waals surface area contributed by atoms with Gasteiger partial charge in [0.15, 0.2) is 17.4 Å². The van der Waals surface area contributed by atoms with E-state index in [1.807, 2.05) is 0 Å². The lowest BCUT2D eigenvalue weighted by atomic mass is 10.1. The molecule has 1 fully saturated rings. The smallest absolute Gasteiger partial charge is 0.278 e. The van der Waals surface area contributed by atoms with Crippen molar-refractivity contribution in [3.63, 3.8) is 0 Å². The Hall–Kier alpha value is -1.36. The van der Waals surface area contributed by atoms with Crippen molar-refractivity contribution in [1.29, 1.82) is 0 Å². The van der Waals surface area contributed by atoms with Crippen LogP contribution in [0.5, 0.6) is 0 Å². The highest BCUT2D eigenvalue weighted by Gasteiger charge is 2.46. The monoisotopic (exact) mass is 361 g/mol. The quantitative estimate of drug-likeness (QED) is 0.531. The third kappa shape index (κ3) is 2.91. The largest absolute Gasteiger partial charge is 0.441 e. The predicted octanol–water partition coefficient (Wildman–Crippen LogP) is -0.654. The van der Waals surface area contributed by atoms with E-state index in [1.54, 1.807) is 0 Å². The Morgan fingerprint density at radius 1 is 1.52 bits per heavy atom. The summed E-state index contributed by atoms with van der Waals surface area (Å²) < 4.78 is 29.2. The minimum atomic E-state index is -1.75. The Balaban J connectivity index is 2.03. The zero-order valence-corrected chi connectivity index (χ0v) is 13.7. The fourth-order valence-corrected chi connectivity index (χ4v) is 3.36. The molecule has 0 bridgehead atoms. The molecule has 4 atom stereocenters. The van der Waals surface area contributed by atoms with E-state index in [1.165, 1.54) is 24.3 Å². The lowest BCUT2D eigenvalue weighted by Gasteiger charge is -2.25. The first kappa shape index (κ1) is 16.5. The minimum Gasteiger partial charge on any atom is -0.441 e. The summed E-state index contributed by atoms with van der Waals surface area (Å²) in [5, 5.41) is 9.46. The molecule has 126 valence electrons. The van der Waals surface area contributed by atoms with Gasteiger partial charge in [-0.1, -0.05) is 0 Å². The number of hydrogen-bond acceptors (Lipinski definition) is 9. The third-order valence-electron chi connectivity index (χ3n) is 3.58. The molecule has 3 heterocycles. The van der Waals surface area contributed by atoms with E-state index >= 15 is 0 Å². The zero-order valence-electron chi connectivity index (χ0n) is 11.9. The van der Waals surface area contributed by atoms with Crippen LogP contribution in [-0.2, 0) is 28.1 Å². The molecule has 1 aliphatic heterocycles. The maximum Gasteiger partial charge on any atom is 0.278 e. The van der Waals surface area contributed by atoms with Gasteiger partial charge in [0.25, 0.3) is 5.56 Å². The molecule has 12 heteroatoms. The highest BCUT2D eigenvalue weighted by Crippen LogP contribution is 2.34. The van der Waals surface area contributed by atoms with Gasteiger partial charge < -0.3 is 28.0 Å². The number of nitrogens with one attached hydrogen (secondary N) is 1. The molecular weight excluding hydrogens is 347 g/mol. The van der Waals surface area contributed by atoms with Crippen molar-refractivity contribution in [3.05, 3.63) is 23.0 Å². The van der Waals surface area contributed by atoms with E-state index in [0.29, 0.717) is 5.65 Å². The number of aromatic nitrogens is 4. The van der Waals surface area contributed by atoms with Gasteiger partial charge in [-0.25, -0.2) is 18.0 Å². The molecule has 1 aliphatic rings. The first-order chi connectivity index (χ1) is 11.1. The van der Waals surface area contributed by atoms with Crippen LogP contribution in [0.4, 0.5) is 0 Å². The standard InChI is InChI=1S/C11H14N4O6PS/c1-19-8-7(21-23(18)22)5(2-16)20-11(8)15-4-14-6-9(15)12-3-13-10(6)17/h3-5,7-8,11,16,22H,2H2,1H3,(H,12,13,17)/q-1. The fraction of sp³-hybridized carbons (Fsp3) is 0.545. The van der Waals surface area contributed by atoms with Crippen LogP contribution in [0.2, 0.25) is 0 Å². The molecule has 2 aromatic rings. The Labute approximate surface area is 133 Å². The van der Waals surface area contributed by atoms with Gasteiger partial charge in [-0.3, -0.25) is 9.36 Å². The van der Waals surface area contributed by atoms with E-state index in [4.69, 9.17) is 13.7 Å². The molecule has 2 aromatic heterocycles. The molecule has 3 rings (SSSR count). The number of nitrogens with zero attached hydrogens (tertiary/aromatic N) is 3. The van der Waals surface area contributed by atoms with Crippen molar-refractivity contribution in [3.8, 4) is 0 Å². The molecule has 2 N–H and O–H groups in total. The van der Waals surface area contributed by atoms with E-state index in [0.717, 1.165) is 0 Å². The topological polar surface area (TPSA) is 129 Å². The van der Waals surface area contributed by atoms with Gasteiger partial charge in [-0.15, -0.1) is 10.3 Å². The molecule has 10 nitrogen and oxygen atoms in total. The Morgan fingerprint density at radius 3 is 2.96 bits per heavy atom. The van der Waals surface area contributed by atoms with Crippen molar-refractivity contribution in [2.24, 2.45) is 0 Å². The van der Waals surface area contributed by atoms with Crippen LogP contribution in [0, 0.1) is 0 Å². The number of H-pyrrole nitrogens is 1. The average Bonchev–Trinajstić information content (AvgIpc) is 3.08. The third-order valence-corrected chi connectivity index (χ3v) is 4.26. The van der Waals surface area contributed by atoms with Gasteiger partial charge >= 0.3 is 0 Å². The molecule has 0 saturated carbocycles. The molecule has 0 spiro atoms. The predicted molar refractivity (Wildman–Crippen MR) is 81.2 cm³/mol. The molecule has 0 aliphatic carbocycles. The first-order valence-electron chi connectivity index (χ1n) is 6.56. The van der Waals surface area contributed by atoms with Crippen LogP contribution >= 0.6 is 8.02 Å². The van der Waals surface area contributed by atoms with Gasteiger partial charge in [0.1, 0.15) is 12.2 Å². The average molecular weight is 361 g/mol. The molecule has 4 unspecified atom stereocenters. The van der Waals surface area contributed by atoms with Crippen LogP contribution in [0.25, 0.3) is 11.2 Å². The van der Waals surface area contributed by atoms with Crippen LogP contribution in [0.1, 0.15) is 6.23 Å². The van der Waals surface area contributed by atoms with Crippen LogP contribution in [0.3, 0.4) is 0 Å². The summed E-state index contributed by atoms with van der Waals surface area (Å²) >= 11 is 0. The van der Waals surface area contributed by atoms with Gasteiger partial charge in [0.2, 0.25) is 0 Å². The van der Waals surface area contributed by atoms with Crippen molar-refractivity contribution in [1.82, 2.24) is 19.5 Å². The number of aliphatic hydroxyl groups is 1. The SMILES string of the molecule is COC1C(O[S-](=O)=P)C(CO)OC1n1cnc2c(=O)[nH]cnc21. The van der Waals surface area contributed by atoms with Crippen molar-refractivity contribution in [2.75, 3.05) is 13.7 Å². The van der Waals surface area contributed by atoms with Crippen LogP contribution in [0.15, 0.2) is 17.4 Å². The second kappa shape index (κ2) is 6.63. The van der Waals surface area contributed by atoms with Gasteiger partial charge in [0.05, 0.1) is 25.4 Å². The number of rotatable bonds is 5. The Bertz CT molecular complexity index is 827. The number of aromatic amines is 1. The normalized spacial score (nSPS) is 28.0. The lowest BCUT2D eigenvalue weighted by molar-refractivity contribution is -0.0583. The Kier molecular flexibility index (Phi) is 4.76. The molecule has 0 amide bonds. The summed E-state index contributed by atoms with van der Waals surface area (Å²) in [7, 11) is 2.53. The lowest BCUT2D eigenvalue weighted by Crippen LogP contribution is -2.36. The van der Waals surface area contributed by atoms with Gasteiger partial charge in [-0.2, -0.15) is 0 Å². The van der Waals surface area contributed by atoms with E-state index in [-0.39, 0.29) is 17.7 Å². The molecular formula is C11H14N4O6PS-. The zero-order chi connectivity index (χ0) is 16.6. The van der Waals surface area contributed by atoms with Crippen molar-refractivity contribution in [2.45, 2.75) is 24.5 Å². The van der Waals surface area contributed by atoms with Gasteiger partial charge in [0, 0.05) is 7.11 Å². The first-order valence-corrected chi connectivity index (χ1v) is 8.86. The van der Waals surface area contributed by atoms with Crippen LogP contribution in [-0.4, -0.2) is 56.7 Å². The number of hydrogen-bond donors (Lipinski definition) is 2. The van der Waals surface area contributed by atoms with Gasteiger partial charge in [-0.05, 0) is 0 Å².